The van der Waals surface area contributed by atoms with E-state index in [1.807, 2.05) is 24.3 Å². The Hall–Kier alpha value is -4.84. The van der Waals surface area contributed by atoms with E-state index in [0.717, 1.165) is 12.8 Å². The number of benzene rings is 3. The molecule has 0 spiro atoms. The number of aromatic hydroxyl groups is 1. The van der Waals surface area contributed by atoms with Gasteiger partial charge >= 0.3 is 0 Å². The zero-order valence-electron chi connectivity index (χ0n) is 23.1. The van der Waals surface area contributed by atoms with Crippen LogP contribution in [0.3, 0.4) is 0 Å². The number of nitrogens with one attached hydrogen (secondary N) is 1. The molecule has 0 bridgehead atoms. The third-order valence-corrected chi connectivity index (χ3v) is 7.24. The number of ether oxygens (including phenoxy) is 4. The number of carbonyl (C=O) groups excluding carboxylic acids is 2. The molecule has 12 heteroatoms. The normalized spacial score (nSPS) is 16.4. The second kappa shape index (κ2) is 12.0. The molecular formula is C30H31N5O7. The van der Waals surface area contributed by atoms with Crippen LogP contribution in [0.15, 0.2) is 60.7 Å². The van der Waals surface area contributed by atoms with Gasteiger partial charge in [-0.2, -0.15) is 0 Å². The Balaban J connectivity index is 1.43. The van der Waals surface area contributed by atoms with Gasteiger partial charge in [0, 0.05) is 24.9 Å². The second-order valence-corrected chi connectivity index (χ2v) is 9.98. The van der Waals surface area contributed by atoms with Gasteiger partial charge in [-0.15, -0.1) is 5.10 Å². The highest BCUT2D eigenvalue weighted by Crippen LogP contribution is 2.39. The third kappa shape index (κ3) is 5.53. The van der Waals surface area contributed by atoms with Gasteiger partial charge in [-0.25, -0.2) is 4.68 Å². The van der Waals surface area contributed by atoms with Gasteiger partial charge in [0.05, 0.1) is 18.2 Å². The van der Waals surface area contributed by atoms with E-state index in [-0.39, 0.29) is 30.9 Å². The van der Waals surface area contributed by atoms with Crippen LogP contribution in [0.5, 0.6) is 23.0 Å². The van der Waals surface area contributed by atoms with E-state index in [9.17, 15) is 14.7 Å². The molecule has 218 valence electrons. The van der Waals surface area contributed by atoms with Crippen LogP contribution in [0, 0.1) is 0 Å². The molecule has 0 saturated carbocycles. The van der Waals surface area contributed by atoms with Crippen LogP contribution in [0.4, 0.5) is 5.69 Å². The fourth-order valence-electron chi connectivity index (χ4n) is 5.22. The van der Waals surface area contributed by atoms with Gasteiger partial charge in [0.15, 0.2) is 23.0 Å². The molecule has 1 saturated heterocycles. The number of hydrogen-bond donors (Lipinski definition) is 2. The van der Waals surface area contributed by atoms with E-state index in [2.05, 4.69) is 15.6 Å². The van der Waals surface area contributed by atoms with Crippen LogP contribution in [0.1, 0.15) is 31.4 Å². The molecule has 12 nitrogen and oxygen atoms in total. The van der Waals surface area contributed by atoms with E-state index >= 15 is 0 Å². The smallest absolute Gasteiger partial charge is 0.249 e. The van der Waals surface area contributed by atoms with Crippen LogP contribution in [-0.4, -0.2) is 64.6 Å². The highest BCUT2D eigenvalue weighted by Gasteiger charge is 2.35. The minimum absolute atomic E-state index is 0.0542. The van der Waals surface area contributed by atoms with E-state index in [1.165, 1.54) is 15.6 Å². The number of rotatable bonds is 10. The van der Waals surface area contributed by atoms with E-state index in [1.54, 1.807) is 37.3 Å². The number of nitrogens with zero attached hydrogens (tertiary/aromatic N) is 4. The maximum atomic E-state index is 14.3. The largest absolute Gasteiger partial charge is 0.504 e. The fraction of sp³-hybridized carbons (Fsp3) is 0.333. The lowest BCUT2D eigenvalue weighted by Gasteiger charge is -2.32. The minimum Gasteiger partial charge on any atom is -0.504 e. The Kier molecular flexibility index (Phi) is 7.78. The zero-order chi connectivity index (χ0) is 29.1. The Bertz CT molecular complexity index is 1600. The highest BCUT2D eigenvalue weighted by molar-refractivity contribution is 6.02. The van der Waals surface area contributed by atoms with Crippen molar-refractivity contribution in [2.75, 3.05) is 31.5 Å². The van der Waals surface area contributed by atoms with Crippen molar-refractivity contribution in [3.05, 3.63) is 66.2 Å². The van der Waals surface area contributed by atoms with Gasteiger partial charge in [0.2, 0.25) is 18.6 Å². The molecule has 1 fully saturated rings. The lowest BCUT2D eigenvalue weighted by molar-refractivity contribution is -0.127. The predicted molar refractivity (Wildman–Crippen MR) is 152 cm³/mol. The number of amides is 2. The van der Waals surface area contributed by atoms with E-state index in [4.69, 9.17) is 18.9 Å². The van der Waals surface area contributed by atoms with Crippen LogP contribution >= 0.6 is 0 Å². The molecule has 2 atom stereocenters. The van der Waals surface area contributed by atoms with Gasteiger partial charge in [-0.1, -0.05) is 23.4 Å². The maximum Gasteiger partial charge on any atom is 0.249 e. The molecule has 4 aromatic rings. The first kappa shape index (κ1) is 27.3. The van der Waals surface area contributed by atoms with Crippen molar-refractivity contribution in [2.24, 2.45) is 0 Å². The molecule has 3 aromatic carbocycles. The number of anilines is 1. The van der Waals surface area contributed by atoms with Crippen molar-refractivity contribution < 1.29 is 33.6 Å². The van der Waals surface area contributed by atoms with Gasteiger partial charge in [0.1, 0.15) is 18.1 Å². The van der Waals surface area contributed by atoms with Crippen LogP contribution in [-0.2, 0) is 20.9 Å². The molecule has 2 aliphatic heterocycles. The Labute approximate surface area is 241 Å². The first-order chi connectivity index (χ1) is 20.5. The second-order valence-electron chi connectivity index (χ2n) is 9.98. The number of para-hydroxylation sites is 1. The van der Waals surface area contributed by atoms with Crippen molar-refractivity contribution in [2.45, 2.75) is 38.5 Å². The summed E-state index contributed by atoms with van der Waals surface area (Å²) in [6.45, 7) is 2.90. The summed E-state index contributed by atoms with van der Waals surface area (Å²) < 4.78 is 23.9. The molecule has 2 amide bonds. The van der Waals surface area contributed by atoms with Crippen LogP contribution < -0.4 is 24.4 Å². The van der Waals surface area contributed by atoms with Crippen LogP contribution in [0.25, 0.3) is 11.0 Å². The molecule has 0 radical (unpaired) electrons. The average Bonchev–Trinajstić information content (AvgIpc) is 3.77. The summed E-state index contributed by atoms with van der Waals surface area (Å²) in [5, 5.41) is 21.7. The SMILES string of the molecule is CCOc1cc([C@H](C(=O)NC[C@@H]2CCCO2)N(C(=O)Cn2nnc3ccccc32)c2ccc3c(c2)OCO3)ccc1O. The van der Waals surface area contributed by atoms with Gasteiger partial charge in [-0.3, -0.25) is 14.5 Å². The zero-order valence-corrected chi connectivity index (χ0v) is 23.1. The molecule has 2 aliphatic rings. The molecular weight excluding hydrogens is 542 g/mol. The molecule has 2 N–H and O–H groups in total. The van der Waals surface area contributed by atoms with Crippen molar-refractivity contribution >= 4 is 28.5 Å². The number of phenols is 1. The number of phenolic OH excluding ortho intramolecular Hbond substituents is 1. The monoisotopic (exact) mass is 573 g/mol. The number of fused-ring (bicyclic) bond motifs is 2. The summed E-state index contributed by atoms with van der Waals surface area (Å²) >= 11 is 0. The molecule has 42 heavy (non-hydrogen) atoms. The molecule has 0 unspecified atom stereocenters. The van der Waals surface area contributed by atoms with Gasteiger partial charge < -0.3 is 29.4 Å². The Morgan fingerprint density at radius 3 is 2.83 bits per heavy atom. The van der Waals surface area contributed by atoms with Gasteiger partial charge in [-0.05, 0) is 61.7 Å². The lowest BCUT2D eigenvalue weighted by atomic mass is 10.0. The van der Waals surface area contributed by atoms with Crippen LogP contribution in [0.2, 0.25) is 0 Å². The maximum absolute atomic E-state index is 14.3. The van der Waals surface area contributed by atoms with Crippen molar-refractivity contribution in [1.82, 2.24) is 20.3 Å². The quantitative estimate of drug-likeness (QED) is 0.293. The van der Waals surface area contributed by atoms with Gasteiger partial charge in [0.25, 0.3) is 0 Å². The highest BCUT2D eigenvalue weighted by atomic mass is 16.7. The fourth-order valence-corrected chi connectivity index (χ4v) is 5.22. The minimum atomic E-state index is -1.14. The number of aromatic nitrogens is 3. The summed E-state index contributed by atoms with van der Waals surface area (Å²) in [5.74, 6) is 0.272. The number of hydrogen-bond acceptors (Lipinski definition) is 9. The van der Waals surface area contributed by atoms with Crippen molar-refractivity contribution in [3.8, 4) is 23.0 Å². The Morgan fingerprint density at radius 1 is 1.14 bits per heavy atom. The van der Waals surface area contributed by atoms with E-state index < -0.39 is 17.9 Å². The number of carbonyl (C=O) groups is 2. The van der Waals surface area contributed by atoms with E-state index in [0.29, 0.717) is 53.5 Å². The summed E-state index contributed by atoms with van der Waals surface area (Å²) in [6.07, 6.45) is 1.65. The summed E-state index contributed by atoms with van der Waals surface area (Å²) in [5.41, 5.74) is 2.18. The first-order valence-corrected chi connectivity index (χ1v) is 13.9. The Morgan fingerprint density at radius 2 is 2.00 bits per heavy atom. The standard InChI is InChI=1S/C30H31N5O7/c1-2-39-26-14-19(9-11-24(26)36)29(30(38)31-16-21-6-5-13-40-21)35(20-10-12-25-27(15-20)42-18-41-25)28(37)17-34-23-8-4-3-7-22(23)32-33-34/h3-4,7-12,14-15,21,29,36H,2,5-6,13,16-18H2,1H3,(H,31,38)/t21-,29+/m0/s1. The lowest BCUT2D eigenvalue weighted by Crippen LogP contribution is -2.46. The molecule has 0 aliphatic carbocycles. The first-order valence-electron chi connectivity index (χ1n) is 13.9. The summed E-state index contributed by atoms with van der Waals surface area (Å²) in [6, 6.07) is 15.9. The topological polar surface area (TPSA) is 137 Å². The van der Waals surface area contributed by atoms with Crippen molar-refractivity contribution in [1.29, 1.82) is 0 Å². The predicted octanol–water partition coefficient (Wildman–Crippen LogP) is 3.33. The molecule has 6 rings (SSSR count). The summed E-state index contributed by atoms with van der Waals surface area (Å²) in [4.78, 5) is 29.8. The third-order valence-electron chi connectivity index (χ3n) is 7.24. The molecule has 3 heterocycles. The van der Waals surface area contributed by atoms with Crippen molar-refractivity contribution in [3.63, 3.8) is 0 Å². The summed E-state index contributed by atoms with van der Waals surface area (Å²) in [7, 11) is 0. The average molecular weight is 574 g/mol. The molecule has 1 aromatic heterocycles.